The summed E-state index contributed by atoms with van der Waals surface area (Å²) in [6.07, 6.45) is 0. The number of hydrogen-bond donors (Lipinski definition) is 2. The van der Waals surface area contributed by atoms with Crippen LogP contribution in [0.4, 0.5) is 4.39 Å². The molecular formula is C10H5BrClFN2O2. The number of rotatable bonds is 2. The minimum atomic E-state index is -1.25. The molecule has 0 aliphatic heterocycles. The number of nitrogens with one attached hydrogen (secondary N) is 1. The molecule has 1 heterocycles. The van der Waals surface area contributed by atoms with Crippen LogP contribution in [0.1, 0.15) is 10.5 Å². The molecule has 4 nitrogen and oxygen atoms in total. The van der Waals surface area contributed by atoms with Gasteiger partial charge in [0.15, 0.2) is 5.69 Å². The Balaban J connectivity index is 2.61. The summed E-state index contributed by atoms with van der Waals surface area (Å²) in [6, 6.07) is 4.24. The third-order valence-corrected chi connectivity index (χ3v) is 2.97. The maximum atomic E-state index is 13.6. The van der Waals surface area contributed by atoms with E-state index in [0.29, 0.717) is 4.47 Å². The fourth-order valence-electron chi connectivity index (χ4n) is 1.33. The lowest BCUT2D eigenvalue weighted by molar-refractivity contribution is 0.0690. The molecule has 17 heavy (non-hydrogen) atoms. The Hall–Kier alpha value is -1.40. The van der Waals surface area contributed by atoms with E-state index in [4.69, 9.17) is 16.7 Å². The van der Waals surface area contributed by atoms with E-state index in [2.05, 4.69) is 26.1 Å². The topological polar surface area (TPSA) is 66.0 Å². The molecular weight excluding hydrogens is 314 g/mol. The molecule has 2 N–H and O–H groups in total. The molecule has 1 aromatic heterocycles. The van der Waals surface area contributed by atoms with Crippen molar-refractivity contribution in [2.45, 2.75) is 0 Å². The van der Waals surface area contributed by atoms with Crippen LogP contribution < -0.4 is 0 Å². The molecule has 1 aromatic carbocycles. The monoisotopic (exact) mass is 318 g/mol. The number of nitrogens with zero attached hydrogens (tertiary/aromatic N) is 1. The van der Waals surface area contributed by atoms with Crippen molar-refractivity contribution >= 4 is 33.5 Å². The Morgan fingerprint density at radius 3 is 2.82 bits per heavy atom. The standard InChI is InChI=1S/C10H5BrClFN2O2/c11-4-1-2-6(13)5(3-4)8-7(12)9(10(16)17)15-14-8/h1-3H,(H,14,15)(H,16,17). The zero-order valence-corrected chi connectivity index (χ0v) is 10.5. The average molecular weight is 320 g/mol. The Morgan fingerprint density at radius 1 is 1.53 bits per heavy atom. The molecule has 0 aliphatic carbocycles. The van der Waals surface area contributed by atoms with Crippen LogP contribution >= 0.6 is 27.5 Å². The van der Waals surface area contributed by atoms with Crippen molar-refractivity contribution in [3.63, 3.8) is 0 Å². The minimum absolute atomic E-state index is 0.0721. The first-order valence-corrected chi connectivity index (χ1v) is 5.60. The maximum absolute atomic E-state index is 13.6. The molecule has 7 heteroatoms. The molecule has 0 bridgehead atoms. The summed E-state index contributed by atoms with van der Waals surface area (Å²) in [6.45, 7) is 0. The number of benzene rings is 1. The van der Waals surface area contributed by atoms with Crippen molar-refractivity contribution in [1.29, 1.82) is 0 Å². The van der Waals surface area contributed by atoms with Gasteiger partial charge in [-0.2, -0.15) is 5.10 Å². The van der Waals surface area contributed by atoms with Crippen LogP contribution in [0.25, 0.3) is 11.3 Å². The van der Waals surface area contributed by atoms with Gasteiger partial charge in [-0.05, 0) is 18.2 Å². The lowest BCUT2D eigenvalue weighted by atomic mass is 10.1. The molecule has 2 rings (SSSR count). The molecule has 0 fully saturated rings. The van der Waals surface area contributed by atoms with Gasteiger partial charge >= 0.3 is 5.97 Å². The van der Waals surface area contributed by atoms with Gasteiger partial charge in [-0.3, -0.25) is 5.10 Å². The lowest BCUT2D eigenvalue weighted by Crippen LogP contribution is -1.96. The quantitative estimate of drug-likeness (QED) is 0.892. The van der Waals surface area contributed by atoms with E-state index in [1.807, 2.05) is 0 Å². The Labute approximate surface area is 109 Å². The summed E-state index contributed by atoms with van der Waals surface area (Å²) in [5, 5.41) is 14.6. The number of aromatic carboxylic acids is 1. The van der Waals surface area contributed by atoms with Crippen LogP contribution in [-0.2, 0) is 0 Å². The molecule has 0 unspecified atom stereocenters. The fraction of sp³-hybridized carbons (Fsp3) is 0. The molecule has 0 spiro atoms. The van der Waals surface area contributed by atoms with E-state index in [-0.39, 0.29) is 22.0 Å². The maximum Gasteiger partial charge on any atom is 0.355 e. The first-order chi connectivity index (χ1) is 8.00. The smallest absolute Gasteiger partial charge is 0.355 e. The van der Waals surface area contributed by atoms with Gasteiger partial charge in [0.2, 0.25) is 0 Å². The highest BCUT2D eigenvalue weighted by Gasteiger charge is 2.20. The third-order valence-electron chi connectivity index (χ3n) is 2.10. The number of carbonyl (C=O) groups is 1. The lowest BCUT2D eigenvalue weighted by Gasteiger charge is -2.00. The van der Waals surface area contributed by atoms with E-state index in [0.717, 1.165) is 0 Å². The van der Waals surface area contributed by atoms with E-state index < -0.39 is 11.8 Å². The molecule has 0 amide bonds. The highest BCUT2D eigenvalue weighted by atomic mass is 79.9. The van der Waals surface area contributed by atoms with E-state index in [1.165, 1.54) is 18.2 Å². The van der Waals surface area contributed by atoms with Crippen molar-refractivity contribution in [3.05, 3.63) is 39.2 Å². The number of hydrogen-bond acceptors (Lipinski definition) is 2. The molecule has 0 radical (unpaired) electrons. The van der Waals surface area contributed by atoms with Crippen LogP contribution in [0.2, 0.25) is 5.02 Å². The molecule has 88 valence electrons. The van der Waals surface area contributed by atoms with Crippen molar-refractivity contribution in [2.24, 2.45) is 0 Å². The number of carboxylic acids is 1. The van der Waals surface area contributed by atoms with Crippen LogP contribution in [0, 0.1) is 5.82 Å². The predicted molar refractivity (Wildman–Crippen MR) is 63.7 cm³/mol. The summed E-state index contributed by atoms with van der Waals surface area (Å²) in [4.78, 5) is 10.8. The molecule has 2 aromatic rings. The van der Waals surface area contributed by atoms with Gasteiger partial charge < -0.3 is 5.11 Å². The van der Waals surface area contributed by atoms with Crippen LogP contribution in [0.5, 0.6) is 0 Å². The third kappa shape index (κ3) is 2.18. The first-order valence-electron chi connectivity index (χ1n) is 4.43. The number of aromatic amines is 1. The summed E-state index contributed by atoms with van der Waals surface area (Å²) in [7, 11) is 0. The number of H-pyrrole nitrogens is 1. The van der Waals surface area contributed by atoms with Crippen molar-refractivity contribution in [3.8, 4) is 11.3 Å². The predicted octanol–water partition coefficient (Wildman–Crippen LogP) is 3.33. The Bertz CT molecular complexity index is 600. The van der Waals surface area contributed by atoms with Crippen LogP contribution in [0.15, 0.2) is 22.7 Å². The van der Waals surface area contributed by atoms with Gasteiger partial charge in [0, 0.05) is 10.0 Å². The minimum Gasteiger partial charge on any atom is -0.476 e. The van der Waals surface area contributed by atoms with Gasteiger partial charge in [-0.15, -0.1) is 0 Å². The van der Waals surface area contributed by atoms with Gasteiger partial charge in [0.05, 0.1) is 0 Å². The highest BCUT2D eigenvalue weighted by molar-refractivity contribution is 9.10. The van der Waals surface area contributed by atoms with E-state index >= 15 is 0 Å². The molecule has 0 atom stereocenters. The summed E-state index contributed by atoms with van der Waals surface area (Å²) in [5.74, 6) is -1.78. The SMILES string of the molecule is O=C(O)c1[nH]nc(-c2cc(Br)ccc2F)c1Cl. The molecule has 0 saturated heterocycles. The van der Waals surface area contributed by atoms with Crippen LogP contribution in [-0.4, -0.2) is 21.3 Å². The first kappa shape index (κ1) is 12.1. The average Bonchev–Trinajstić information content (AvgIpc) is 2.64. The zero-order chi connectivity index (χ0) is 12.6. The van der Waals surface area contributed by atoms with Crippen molar-refractivity contribution in [1.82, 2.24) is 10.2 Å². The van der Waals surface area contributed by atoms with Gasteiger partial charge in [0.25, 0.3) is 0 Å². The van der Waals surface area contributed by atoms with E-state index in [9.17, 15) is 9.18 Å². The Kier molecular flexibility index (Phi) is 3.17. The van der Waals surface area contributed by atoms with Gasteiger partial charge in [0.1, 0.15) is 16.5 Å². The summed E-state index contributed by atoms with van der Waals surface area (Å²) < 4.78 is 14.2. The normalized spacial score (nSPS) is 10.5. The van der Waals surface area contributed by atoms with Crippen molar-refractivity contribution < 1.29 is 14.3 Å². The van der Waals surface area contributed by atoms with Gasteiger partial charge in [-0.25, -0.2) is 9.18 Å². The summed E-state index contributed by atoms with van der Waals surface area (Å²) >= 11 is 9.01. The van der Waals surface area contributed by atoms with Crippen molar-refractivity contribution in [2.75, 3.05) is 0 Å². The molecule has 0 aliphatic rings. The Morgan fingerprint density at radius 2 is 2.24 bits per heavy atom. The molecule has 0 saturated carbocycles. The van der Waals surface area contributed by atoms with Gasteiger partial charge in [-0.1, -0.05) is 27.5 Å². The fourth-order valence-corrected chi connectivity index (χ4v) is 1.96. The largest absolute Gasteiger partial charge is 0.476 e. The zero-order valence-electron chi connectivity index (χ0n) is 8.17. The second-order valence-corrected chi connectivity index (χ2v) is 4.48. The number of halogens is 3. The summed E-state index contributed by atoms with van der Waals surface area (Å²) in [5.41, 5.74) is -0.0583. The number of carboxylic acid groups (broad SMARTS) is 1. The van der Waals surface area contributed by atoms with Crippen LogP contribution in [0.3, 0.4) is 0 Å². The van der Waals surface area contributed by atoms with E-state index in [1.54, 1.807) is 0 Å². The highest BCUT2D eigenvalue weighted by Crippen LogP contribution is 2.31. The second kappa shape index (κ2) is 4.46. The second-order valence-electron chi connectivity index (χ2n) is 3.19. The number of aromatic nitrogens is 2.